The monoisotopic (exact) mass is 282 g/mol. The third kappa shape index (κ3) is 2.30. The molecule has 0 aliphatic carbocycles. The zero-order valence-electron chi connectivity index (χ0n) is 9.40. The average molecular weight is 283 g/mol. The summed E-state index contributed by atoms with van der Waals surface area (Å²) in [5.41, 5.74) is 0.806. The van der Waals surface area contributed by atoms with Crippen LogP contribution < -0.4 is 0 Å². The number of para-hydroxylation sites is 1. The van der Waals surface area contributed by atoms with E-state index in [-0.39, 0.29) is 0 Å². The minimum atomic E-state index is -0.515. The lowest BCUT2D eigenvalue weighted by Crippen LogP contribution is -2.00. The number of hydrogen-bond acceptors (Lipinski definition) is 2. The molecule has 1 N–H and O–H groups in total. The molecule has 0 aliphatic rings. The smallest absolute Gasteiger partial charge is 0.148 e. The first kappa shape index (κ1) is 11.7. The van der Waals surface area contributed by atoms with Crippen LogP contribution in [0.4, 0.5) is 0 Å². The van der Waals surface area contributed by atoms with Gasteiger partial charge in [0, 0.05) is 5.39 Å². The number of aliphatic hydroxyl groups is 1. The Morgan fingerprint density at radius 1 is 1.38 bits per heavy atom. The molecule has 86 valence electrons. The van der Waals surface area contributed by atoms with Crippen LogP contribution in [0.3, 0.4) is 0 Å². The molecule has 0 bridgehead atoms. The van der Waals surface area contributed by atoms with Gasteiger partial charge in [0.1, 0.15) is 17.4 Å². The average Bonchev–Trinajstić information content (AvgIpc) is 2.61. The van der Waals surface area contributed by atoms with Gasteiger partial charge in [-0.15, -0.1) is 0 Å². The molecule has 0 saturated carbocycles. The third-order valence-electron chi connectivity index (χ3n) is 2.54. The molecule has 0 saturated heterocycles. The van der Waals surface area contributed by atoms with Crippen LogP contribution in [0.25, 0.3) is 11.0 Å². The van der Waals surface area contributed by atoms with Crippen molar-refractivity contribution < 1.29 is 9.52 Å². The second-order valence-electron chi connectivity index (χ2n) is 4.45. The van der Waals surface area contributed by atoms with E-state index >= 15 is 0 Å². The molecule has 0 amide bonds. The number of aliphatic hydroxyl groups excluding tert-OH is 1. The molecule has 2 aromatic rings. The standard InChI is InChI=1S/C13H15BrO2/c1-8(2)6-11(15)12-7-9-4-3-5-10(14)13(9)16-12/h3-5,7-8,11,15H,6H2,1-2H3. The van der Waals surface area contributed by atoms with Crippen LogP contribution in [0.15, 0.2) is 33.2 Å². The lowest BCUT2D eigenvalue weighted by Gasteiger charge is -2.09. The van der Waals surface area contributed by atoms with Crippen molar-refractivity contribution in [3.8, 4) is 0 Å². The Labute approximate surface area is 103 Å². The van der Waals surface area contributed by atoms with Crippen molar-refractivity contribution in [1.29, 1.82) is 0 Å². The molecule has 1 aromatic carbocycles. The minimum Gasteiger partial charge on any atom is -0.457 e. The molecule has 1 unspecified atom stereocenters. The number of rotatable bonds is 3. The van der Waals surface area contributed by atoms with Crippen LogP contribution in [0, 0.1) is 5.92 Å². The molecule has 1 atom stereocenters. The summed E-state index contributed by atoms with van der Waals surface area (Å²) >= 11 is 3.43. The predicted molar refractivity (Wildman–Crippen MR) is 68.3 cm³/mol. The topological polar surface area (TPSA) is 33.4 Å². The first-order valence-electron chi connectivity index (χ1n) is 5.44. The van der Waals surface area contributed by atoms with E-state index in [2.05, 4.69) is 29.8 Å². The van der Waals surface area contributed by atoms with Gasteiger partial charge in [-0.2, -0.15) is 0 Å². The third-order valence-corrected chi connectivity index (χ3v) is 3.16. The molecule has 0 aliphatic heterocycles. The Hall–Kier alpha value is -0.800. The van der Waals surface area contributed by atoms with Gasteiger partial charge in [-0.3, -0.25) is 0 Å². The van der Waals surface area contributed by atoms with Gasteiger partial charge in [-0.25, -0.2) is 0 Å². The van der Waals surface area contributed by atoms with E-state index < -0.39 is 6.10 Å². The summed E-state index contributed by atoms with van der Waals surface area (Å²) in [6.07, 6.45) is 0.205. The van der Waals surface area contributed by atoms with E-state index in [9.17, 15) is 5.11 Å². The maximum atomic E-state index is 9.97. The molecule has 0 radical (unpaired) electrons. The van der Waals surface area contributed by atoms with Crippen LogP contribution in [-0.2, 0) is 0 Å². The van der Waals surface area contributed by atoms with E-state index in [1.54, 1.807) is 0 Å². The van der Waals surface area contributed by atoms with Gasteiger partial charge in [-0.1, -0.05) is 26.0 Å². The largest absolute Gasteiger partial charge is 0.457 e. The second-order valence-corrected chi connectivity index (χ2v) is 5.31. The maximum Gasteiger partial charge on any atom is 0.148 e. The van der Waals surface area contributed by atoms with Crippen LogP contribution >= 0.6 is 15.9 Å². The summed E-state index contributed by atoms with van der Waals surface area (Å²) in [5, 5.41) is 11.0. The van der Waals surface area contributed by atoms with E-state index in [0.717, 1.165) is 21.9 Å². The number of furan rings is 1. The molecular formula is C13H15BrO2. The quantitative estimate of drug-likeness (QED) is 0.912. The van der Waals surface area contributed by atoms with Crippen molar-refractivity contribution in [2.45, 2.75) is 26.4 Å². The Bertz CT molecular complexity index is 488. The second kappa shape index (κ2) is 4.60. The van der Waals surface area contributed by atoms with Crippen molar-refractivity contribution in [2.75, 3.05) is 0 Å². The van der Waals surface area contributed by atoms with E-state index in [1.807, 2.05) is 24.3 Å². The summed E-state index contributed by atoms with van der Waals surface area (Å²) in [6.45, 7) is 4.17. The van der Waals surface area contributed by atoms with Gasteiger partial charge in [0.05, 0.1) is 4.47 Å². The highest BCUT2D eigenvalue weighted by Crippen LogP contribution is 2.31. The van der Waals surface area contributed by atoms with Crippen molar-refractivity contribution in [2.24, 2.45) is 5.92 Å². The van der Waals surface area contributed by atoms with E-state index in [1.165, 1.54) is 0 Å². The van der Waals surface area contributed by atoms with Crippen LogP contribution in [0.2, 0.25) is 0 Å². The van der Waals surface area contributed by atoms with E-state index in [0.29, 0.717) is 11.7 Å². The fourth-order valence-electron chi connectivity index (χ4n) is 1.77. The molecule has 2 nitrogen and oxygen atoms in total. The Balaban J connectivity index is 2.36. The summed E-state index contributed by atoms with van der Waals surface area (Å²) in [4.78, 5) is 0. The molecule has 16 heavy (non-hydrogen) atoms. The predicted octanol–water partition coefficient (Wildman–Crippen LogP) is 4.27. The van der Waals surface area contributed by atoms with Crippen molar-refractivity contribution in [1.82, 2.24) is 0 Å². The molecule has 0 spiro atoms. The summed E-state index contributed by atoms with van der Waals surface area (Å²) in [6, 6.07) is 7.79. The van der Waals surface area contributed by atoms with Crippen LogP contribution in [0.1, 0.15) is 32.1 Å². The highest BCUT2D eigenvalue weighted by Gasteiger charge is 2.15. The minimum absolute atomic E-state index is 0.451. The number of halogens is 1. The van der Waals surface area contributed by atoms with Gasteiger partial charge < -0.3 is 9.52 Å². The lowest BCUT2D eigenvalue weighted by molar-refractivity contribution is 0.128. The molecule has 1 aromatic heterocycles. The number of hydrogen-bond donors (Lipinski definition) is 1. The van der Waals surface area contributed by atoms with Gasteiger partial charge in [-0.05, 0) is 40.4 Å². The molecule has 1 heterocycles. The first-order valence-corrected chi connectivity index (χ1v) is 6.23. The molecule has 3 heteroatoms. The number of fused-ring (bicyclic) bond motifs is 1. The highest BCUT2D eigenvalue weighted by atomic mass is 79.9. The Morgan fingerprint density at radius 3 is 2.75 bits per heavy atom. The maximum absolute atomic E-state index is 9.97. The fourth-order valence-corrected chi connectivity index (χ4v) is 2.24. The Morgan fingerprint density at radius 2 is 2.12 bits per heavy atom. The van der Waals surface area contributed by atoms with Crippen molar-refractivity contribution >= 4 is 26.9 Å². The van der Waals surface area contributed by atoms with Gasteiger partial charge in [0.15, 0.2) is 0 Å². The first-order chi connectivity index (χ1) is 7.58. The van der Waals surface area contributed by atoms with Crippen LogP contribution in [-0.4, -0.2) is 5.11 Å². The summed E-state index contributed by atoms with van der Waals surface area (Å²) < 4.78 is 6.59. The molecule has 0 fully saturated rings. The van der Waals surface area contributed by atoms with Crippen LogP contribution in [0.5, 0.6) is 0 Å². The summed E-state index contributed by atoms with van der Waals surface area (Å²) in [7, 11) is 0. The van der Waals surface area contributed by atoms with Crippen molar-refractivity contribution in [3.05, 3.63) is 34.5 Å². The zero-order chi connectivity index (χ0) is 11.7. The highest BCUT2D eigenvalue weighted by molar-refractivity contribution is 9.10. The molecule has 2 rings (SSSR count). The molecular weight excluding hydrogens is 268 g/mol. The van der Waals surface area contributed by atoms with E-state index in [4.69, 9.17) is 4.42 Å². The van der Waals surface area contributed by atoms with Gasteiger partial charge in [0.25, 0.3) is 0 Å². The number of benzene rings is 1. The normalized spacial score (nSPS) is 13.6. The van der Waals surface area contributed by atoms with Gasteiger partial charge in [0.2, 0.25) is 0 Å². The van der Waals surface area contributed by atoms with Crippen molar-refractivity contribution in [3.63, 3.8) is 0 Å². The zero-order valence-corrected chi connectivity index (χ0v) is 11.0. The SMILES string of the molecule is CC(C)CC(O)c1cc2cccc(Br)c2o1. The Kier molecular flexibility index (Phi) is 3.36. The summed E-state index contributed by atoms with van der Waals surface area (Å²) in [5.74, 6) is 1.10. The lowest BCUT2D eigenvalue weighted by atomic mass is 10.0. The fraction of sp³-hybridized carbons (Fsp3) is 0.385. The van der Waals surface area contributed by atoms with Gasteiger partial charge >= 0.3 is 0 Å².